The SMILES string of the molecule is Cc1ccc2c(c1)c1c(n2CCc2ccc(Cl)cc2Cl)CCN(C)C1. The third-order valence-electron chi connectivity index (χ3n) is 5.22. The Kier molecular flexibility index (Phi) is 4.53. The maximum atomic E-state index is 6.37. The second-order valence-corrected chi connectivity index (χ2v) is 7.91. The number of hydrogen-bond acceptors (Lipinski definition) is 1. The molecule has 0 spiro atoms. The van der Waals surface area contributed by atoms with E-state index >= 15 is 0 Å². The summed E-state index contributed by atoms with van der Waals surface area (Å²) >= 11 is 12.4. The van der Waals surface area contributed by atoms with Crippen molar-refractivity contribution in [1.82, 2.24) is 9.47 Å². The summed E-state index contributed by atoms with van der Waals surface area (Å²) in [5.41, 5.74) is 6.80. The van der Waals surface area contributed by atoms with Gasteiger partial charge < -0.3 is 9.47 Å². The lowest BCUT2D eigenvalue weighted by Crippen LogP contribution is -2.27. The second kappa shape index (κ2) is 6.68. The van der Waals surface area contributed by atoms with E-state index < -0.39 is 0 Å². The molecule has 1 aromatic heterocycles. The number of likely N-dealkylation sites (N-methyl/N-ethyl adjacent to an activating group) is 1. The van der Waals surface area contributed by atoms with E-state index in [-0.39, 0.29) is 0 Å². The van der Waals surface area contributed by atoms with E-state index in [9.17, 15) is 0 Å². The van der Waals surface area contributed by atoms with E-state index in [2.05, 4.69) is 41.6 Å². The number of aromatic nitrogens is 1. The average molecular weight is 373 g/mol. The van der Waals surface area contributed by atoms with E-state index in [1.807, 2.05) is 18.2 Å². The van der Waals surface area contributed by atoms with E-state index in [0.29, 0.717) is 5.02 Å². The summed E-state index contributed by atoms with van der Waals surface area (Å²) in [5.74, 6) is 0. The zero-order valence-electron chi connectivity index (χ0n) is 14.6. The first-order valence-electron chi connectivity index (χ1n) is 8.76. The van der Waals surface area contributed by atoms with Gasteiger partial charge in [-0.1, -0.05) is 40.9 Å². The predicted octanol–water partition coefficient (Wildman–Crippen LogP) is 5.49. The Hall–Kier alpha value is -1.48. The lowest BCUT2D eigenvalue weighted by molar-refractivity contribution is 0.309. The van der Waals surface area contributed by atoms with Crippen molar-refractivity contribution in [2.24, 2.45) is 0 Å². The van der Waals surface area contributed by atoms with E-state index in [4.69, 9.17) is 23.2 Å². The predicted molar refractivity (Wildman–Crippen MR) is 107 cm³/mol. The molecule has 0 radical (unpaired) electrons. The topological polar surface area (TPSA) is 8.17 Å². The fourth-order valence-electron chi connectivity index (χ4n) is 3.91. The molecule has 1 aliphatic heterocycles. The molecule has 3 aromatic rings. The van der Waals surface area contributed by atoms with Gasteiger partial charge in [0.2, 0.25) is 0 Å². The lowest BCUT2D eigenvalue weighted by atomic mass is 10.0. The Morgan fingerprint density at radius 2 is 1.92 bits per heavy atom. The highest BCUT2D eigenvalue weighted by molar-refractivity contribution is 6.35. The summed E-state index contributed by atoms with van der Waals surface area (Å²) in [4.78, 5) is 2.41. The molecular weight excluding hydrogens is 351 g/mol. The summed E-state index contributed by atoms with van der Waals surface area (Å²) < 4.78 is 2.50. The Labute approximate surface area is 159 Å². The van der Waals surface area contributed by atoms with Crippen LogP contribution in [0.2, 0.25) is 10.0 Å². The van der Waals surface area contributed by atoms with Gasteiger partial charge in [0.05, 0.1) is 0 Å². The molecule has 2 heterocycles. The van der Waals surface area contributed by atoms with Gasteiger partial charge >= 0.3 is 0 Å². The second-order valence-electron chi connectivity index (χ2n) is 7.07. The van der Waals surface area contributed by atoms with Crippen LogP contribution in [0.1, 0.15) is 22.4 Å². The summed E-state index contributed by atoms with van der Waals surface area (Å²) in [5, 5.41) is 2.85. The number of nitrogens with zero attached hydrogens (tertiary/aromatic N) is 2. The highest BCUT2D eigenvalue weighted by Crippen LogP contribution is 2.32. The maximum Gasteiger partial charge on any atom is 0.0486 e. The van der Waals surface area contributed by atoms with Gasteiger partial charge in [-0.2, -0.15) is 0 Å². The summed E-state index contributed by atoms with van der Waals surface area (Å²) in [6.07, 6.45) is 2.02. The number of aryl methyl sites for hydroxylation is 3. The zero-order chi connectivity index (χ0) is 17.6. The van der Waals surface area contributed by atoms with Gasteiger partial charge in [-0.25, -0.2) is 0 Å². The Balaban J connectivity index is 1.74. The standard InChI is InChI=1S/C21H22Cl2N2/c1-14-3-6-20-17(11-14)18-13-24(2)9-8-21(18)25(20)10-7-15-4-5-16(22)12-19(15)23/h3-6,11-12H,7-10,13H2,1-2H3. The number of fused-ring (bicyclic) bond motifs is 3. The van der Waals surface area contributed by atoms with Gasteiger partial charge in [-0.3, -0.25) is 0 Å². The van der Waals surface area contributed by atoms with Crippen LogP contribution in [0, 0.1) is 6.92 Å². The van der Waals surface area contributed by atoms with Crippen molar-refractivity contribution in [1.29, 1.82) is 0 Å². The van der Waals surface area contributed by atoms with Crippen molar-refractivity contribution in [3.8, 4) is 0 Å². The van der Waals surface area contributed by atoms with Crippen LogP contribution < -0.4 is 0 Å². The highest BCUT2D eigenvalue weighted by Gasteiger charge is 2.22. The van der Waals surface area contributed by atoms with Crippen molar-refractivity contribution < 1.29 is 0 Å². The molecule has 4 rings (SSSR count). The van der Waals surface area contributed by atoms with Crippen molar-refractivity contribution in [2.75, 3.05) is 13.6 Å². The monoisotopic (exact) mass is 372 g/mol. The van der Waals surface area contributed by atoms with Crippen LogP contribution in [0.25, 0.3) is 10.9 Å². The number of rotatable bonds is 3. The Morgan fingerprint density at radius 1 is 1.08 bits per heavy atom. The fourth-order valence-corrected chi connectivity index (χ4v) is 4.41. The highest BCUT2D eigenvalue weighted by atomic mass is 35.5. The molecule has 130 valence electrons. The van der Waals surface area contributed by atoms with Crippen LogP contribution in [0.15, 0.2) is 36.4 Å². The normalized spacial score (nSPS) is 14.9. The first kappa shape index (κ1) is 17.0. The van der Waals surface area contributed by atoms with Crippen molar-refractivity contribution in [3.05, 3.63) is 68.8 Å². The molecule has 2 nitrogen and oxygen atoms in total. The van der Waals surface area contributed by atoms with Gasteiger partial charge in [0.1, 0.15) is 0 Å². The molecule has 0 saturated carbocycles. The molecule has 25 heavy (non-hydrogen) atoms. The third-order valence-corrected chi connectivity index (χ3v) is 5.81. The van der Waals surface area contributed by atoms with Gasteiger partial charge in [-0.15, -0.1) is 0 Å². The number of benzene rings is 2. The molecule has 0 saturated heterocycles. The van der Waals surface area contributed by atoms with Crippen LogP contribution in [0.3, 0.4) is 0 Å². The minimum atomic E-state index is 0.691. The van der Waals surface area contributed by atoms with Crippen LogP contribution >= 0.6 is 23.2 Å². The van der Waals surface area contributed by atoms with Crippen LogP contribution in [-0.2, 0) is 25.9 Å². The quantitative estimate of drug-likeness (QED) is 0.590. The molecule has 0 aliphatic carbocycles. The molecule has 0 bridgehead atoms. The number of halogens is 2. The summed E-state index contributed by atoms with van der Waals surface area (Å²) in [7, 11) is 2.20. The van der Waals surface area contributed by atoms with Crippen molar-refractivity contribution in [3.63, 3.8) is 0 Å². The van der Waals surface area contributed by atoms with Gasteiger partial charge in [0, 0.05) is 52.7 Å². The smallest absolute Gasteiger partial charge is 0.0486 e. The lowest BCUT2D eigenvalue weighted by Gasteiger charge is -2.24. The molecule has 0 atom stereocenters. The largest absolute Gasteiger partial charge is 0.344 e. The summed E-state index contributed by atoms with van der Waals surface area (Å²) in [6, 6.07) is 12.6. The van der Waals surface area contributed by atoms with Gasteiger partial charge in [0.15, 0.2) is 0 Å². The number of hydrogen-bond donors (Lipinski definition) is 0. The molecule has 0 fully saturated rings. The van der Waals surface area contributed by atoms with Crippen molar-refractivity contribution >= 4 is 34.1 Å². The van der Waals surface area contributed by atoms with E-state index in [1.54, 1.807) is 0 Å². The minimum Gasteiger partial charge on any atom is -0.344 e. The van der Waals surface area contributed by atoms with E-state index in [0.717, 1.165) is 43.1 Å². The average Bonchev–Trinajstić information content (AvgIpc) is 2.87. The first-order chi connectivity index (χ1) is 12.0. The summed E-state index contributed by atoms with van der Waals surface area (Å²) in [6.45, 7) is 5.26. The molecule has 4 heteroatoms. The Morgan fingerprint density at radius 3 is 2.72 bits per heavy atom. The molecule has 0 amide bonds. The van der Waals surface area contributed by atoms with Crippen LogP contribution in [0.5, 0.6) is 0 Å². The third kappa shape index (κ3) is 3.19. The minimum absolute atomic E-state index is 0.691. The zero-order valence-corrected chi connectivity index (χ0v) is 16.2. The maximum absolute atomic E-state index is 6.37. The molecule has 0 unspecified atom stereocenters. The van der Waals surface area contributed by atoms with Crippen LogP contribution in [0.4, 0.5) is 0 Å². The molecule has 2 aromatic carbocycles. The fraction of sp³-hybridized carbons (Fsp3) is 0.333. The molecule has 1 aliphatic rings. The first-order valence-corrected chi connectivity index (χ1v) is 9.51. The van der Waals surface area contributed by atoms with Crippen LogP contribution in [-0.4, -0.2) is 23.1 Å². The van der Waals surface area contributed by atoms with Gasteiger partial charge in [0.25, 0.3) is 0 Å². The molecular formula is C21H22Cl2N2. The molecule has 0 N–H and O–H groups in total. The van der Waals surface area contributed by atoms with Crippen molar-refractivity contribution in [2.45, 2.75) is 32.9 Å². The Bertz CT molecular complexity index is 943. The van der Waals surface area contributed by atoms with Gasteiger partial charge in [-0.05, 0) is 55.8 Å². The van der Waals surface area contributed by atoms with E-state index in [1.165, 1.54) is 27.7 Å².